The van der Waals surface area contributed by atoms with Crippen molar-refractivity contribution in [1.82, 2.24) is 9.97 Å². The molecule has 3 rings (SSSR count). The van der Waals surface area contributed by atoms with Gasteiger partial charge in [0, 0.05) is 22.5 Å². The van der Waals surface area contributed by atoms with Gasteiger partial charge in [-0.2, -0.15) is 5.26 Å². The van der Waals surface area contributed by atoms with Crippen molar-refractivity contribution < 1.29 is 4.79 Å². The molecule has 0 bridgehead atoms. The van der Waals surface area contributed by atoms with Crippen molar-refractivity contribution in [3.8, 4) is 6.07 Å². The van der Waals surface area contributed by atoms with E-state index in [4.69, 9.17) is 16.9 Å². The number of amides is 1. The molecule has 128 valence electrons. The number of rotatable bonds is 4. The number of benzene rings is 2. The van der Waals surface area contributed by atoms with Crippen LogP contribution < -0.4 is 10.6 Å². The molecular formula is C19H14ClN5O. The summed E-state index contributed by atoms with van der Waals surface area (Å²) in [5.74, 6) is 0.0784. The van der Waals surface area contributed by atoms with E-state index in [0.29, 0.717) is 22.1 Å². The quantitative estimate of drug-likeness (QED) is 0.720. The summed E-state index contributed by atoms with van der Waals surface area (Å²) in [7, 11) is 0. The second-order valence-corrected chi connectivity index (χ2v) is 5.88. The highest BCUT2D eigenvalue weighted by molar-refractivity contribution is 6.31. The molecule has 0 unspecified atom stereocenters. The average Bonchev–Trinajstić information content (AvgIpc) is 2.66. The van der Waals surface area contributed by atoms with Crippen LogP contribution in [0.1, 0.15) is 21.6 Å². The third-order valence-corrected chi connectivity index (χ3v) is 4.09. The van der Waals surface area contributed by atoms with E-state index in [2.05, 4.69) is 20.6 Å². The summed E-state index contributed by atoms with van der Waals surface area (Å²) in [5, 5.41) is 15.4. The Balaban J connectivity index is 1.79. The Hall–Kier alpha value is -3.43. The summed E-state index contributed by atoms with van der Waals surface area (Å²) in [4.78, 5) is 20.5. The zero-order chi connectivity index (χ0) is 18.5. The SMILES string of the molecule is Cc1c(Cl)cccc1Nc1cc(C(=O)Nc2cccc(C#N)c2)ncn1. The molecule has 0 aliphatic heterocycles. The average molecular weight is 364 g/mol. The lowest BCUT2D eigenvalue weighted by molar-refractivity contribution is 0.102. The molecule has 0 fully saturated rings. The normalized spacial score (nSPS) is 10.0. The molecule has 2 aromatic carbocycles. The molecule has 0 aliphatic rings. The Morgan fingerprint density at radius 2 is 1.96 bits per heavy atom. The first-order chi connectivity index (χ1) is 12.6. The second kappa shape index (κ2) is 7.64. The molecule has 0 saturated carbocycles. The van der Waals surface area contributed by atoms with E-state index in [0.717, 1.165) is 11.3 Å². The fourth-order valence-corrected chi connectivity index (χ4v) is 2.47. The molecule has 0 aliphatic carbocycles. The largest absolute Gasteiger partial charge is 0.340 e. The summed E-state index contributed by atoms with van der Waals surface area (Å²) in [6, 6.07) is 15.7. The fourth-order valence-electron chi connectivity index (χ4n) is 2.29. The lowest BCUT2D eigenvalue weighted by Gasteiger charge is -2.10. The van der Waals surface area contributed by atoms with Crippen molar-refractivity contribution in [1.29, 1.82) is 5.26 Å². The number of aromatic nitrogens is 2. The van der Waals surface area contributed by atoms with E-state index >= 15 is 0 Å². The maximum atomic E-state index is 12.4. The highest BCUT2D eigenvalue weighted by atomic mass is 35.5. The van der Waals surface area contributed by atoms with Crippen LogP contribution in [-0.4, -0.2) is 15.9 Å². The molecule has 7 heteroatoms. The van der Waals surface area contributed by atoms with Gasteiger partial charge in [-0.25, -0.2) is 9.97 Å². The van der Waals surface area contributed by atoms with Crippen molar-refractivity contribution in [2.75, 3.05) is 10.6 Å². The number of hydrogen-bond acceptors (Lipinski definition) is 5. The maximum absolute atomic E-state index is 12.4. The fraction of sp³-hybridized carbons (Fsp3) is 0.0526. The van der Waals surface area contributed by atoms with Crippen LogP contribution in [0.15, 0.2) is 54.9 Å². The molecule has 1 amide bonds. The van der Waals surface area contributed by atoms with E-state index in [9.17, 15) is 4.79 Å². The van der Waals surface area contributed by atoms with Crippen molar-refractivity contribution in [2.45, 2.75) is 6.92 Å². The van der Waals surface area contributed by atoms with Crippen LogP contribution in [0.3, 0.4) is 0 Å². The highest BCUT2D eigenvalue weighted by Crippen LogP contribution is 2.25. The van der Waals surface area contributed by atoms with Crippen LogP contribution >= 0.6 is 11.6 Å². The predicted molar refractivity (Wildman–Crippen MR) is 101 cm³/mol. The summed E-state index contributed by atoms with van der Waals surface area (Å²) < 4.78 is 0. The predicted octanol–water partition coefficient (Wildman–Crippen LogP) is 4.31. The van der Waals surface area contributed by atoms with Gasteiger partial charge in [0.25, 0.3) is 5.91 Å². The van der Waals surface area contributed by atoms with Crippen LogP contribution in [0.25, 0.3) is 0 Å². The van der Waals surface area contributed by atoms with Crippen LogP contribution in [0.5, 0.6) is 0 Å². The molecule has 26 heavy (non-hydrogen) atoms. The third kappa shape index (κ3) is 3.97. The van der Waals surface area contributed by atoms with Gasteiger partial charge >= 0.3 is 0 Å². The number of nitrogens with zero attached hydrogens (tertiary/aromatic N) is 3. The van der Waals surface area contributed by atoms with Gasteiger partial charge in [-0.15, -0.1) is 0 Å². The van der Waals surface area contributed by atoms with Gasteiger partial charge in [-0.1, -0.05) is 23.7 Å². The Labute approximate surface area is 155 Å². The molecule has 6 nitrogen and oxygen atoms in total. The first-order valence-electron chi connectivity index (χ1n) is 7.72. The number of hydrogen-bond donors (Lipinski definition) is 2. The van der Waals surface area contributed by atoms with Gasteiger partial charge in [0.05, 0.1) is 11.6 Å². The van der Waals surface area contributed by atoms with Crippen LogP contribution in [0.2, 0.25) is 5.02 Å². The molecule has 1 heterocycles. The number of halogens is 1. The number of carbonyl (C=O) groups excluding carboxylic acids is 1. The topological polar surface area (TPSA) is 90.7 Å². The van der Waals surface area contributed by atoms with Gasteiger partial charge in [0.1, 0.15) is 17.8 Å². The molecule has 0 spiro atoms. The molecule has 0 saturated heterocycles. The standard InChI is InChI=1S/C19H14ClN5O/c1-12-15(20)6-3-7-16(12)25-18-9-17(22-11-23-18)19(26)24-14-5-2-4-13(8-14)10-21/h2-9,11H,1H3,(H,24,26)(H,22,23,25). The number of nitriles is 1. The number of nitrogens with one attached hydrogen (secondary N) is 2. The summed E-state index contributed by atoms with van der Waals surface area (Å²) >= 11 is 6.12. The van der Waals surface area contributed by atoms with Crippen molar-refractivity contribution in [3.05, 3.63) is 76.7 Å². The first-order valence-corrected chi connectivity index (χ1v) is 8.10. The Kier molecular flexibility index (Phi) is 5.11. The molecule has 0 atom stereocenters. The minimum atomic E-state index is -0.395. The Bertz CT molecular complexity index is 1010. The van der Waals surface area contributed by atoms with Gasteiger partial charge in [-0.05, 0) is 42.8 Å². The van der Waals surface area contributed by atoms with Crippen molar-refractivity contribution in [2.24, 2.45) is 0 Å². The van der Waals surface area contributed by atoms with Crippen molar-refractivity contribution >= 4 is 34.7 Å². The Morgan fingerprint density at radius 1 is 1.15 bits per heavy atom. The van der Waals surface area contributed by atoms with E-state index < -0.39 is 5.91 Å². The van der Waals surface area contributed by atoms with E-state index in [1.807, 2.05) is 25.1 Å². The molecule has 0 radical (unpaired) electrons. The smallest absolute Gasteiger partial charge is 0.274 e. The highest BCUT2D eigenvalue weighted by Gasteiger charge is 2.11. The summed E-state index contributed by atoms with van der Waals surface area (Å²) in [6.07, 6.45) is 1.31. The lowest BCUT2D eigenvalue weighted by atomic mass is 10.2. The van der Waals surface area contributed by atoms with Crippen LogP contribution in [-0.2, 0) is 0 Å². The summed E-state index contributed by atoms with van der Waals surface area (Å²) in [6.45, 7) is 1.89. The van der Waals surface area contributed by atoms with Gasteiger partial charge < -0.3 is 10.6 Å². The molecule has 2 N–H and O–H groups in total. The molecule has 1 aromatic heterocycles. The number of anilines is 3. The maximum Gasteiger partial charge on any atom is 0.274 e. The third-order valence-electron chi connectivity index (χ3n) is 3.68. The van der Waals surface area contributed by atoms with Gasteiger partial charge in [-0.3, -0.25) is 4.79 Å². The van der Waals surface area contributed by atoms with Gasteiger partial charge in [0.2, 0.25) is 0 Å². The van der Waals surface area contributed by atoms with E-state index in [-0.39, 0.29) is 5.69 Å². The molecule has 3 aromatic rings. The number of carbonyl (C=O) groups is 1. The van der Waals surface area contributed by atoms with Gasteiger partial charge in [0.15, 0.2) is 0 Å². The van der Waals surface area contributed by atoms with E-state index in [1.54, 1.807) is 36.4 Å². The Morgan fingerprint density at radius 3 is 2.77 bits per heavy atom. The second-order valence-electron chi connectivity index (χ2n) is 5.47. The zero-order valence-electron chi connectivity index (χ0n) is 13.8. The van der Waals surface area contributed by atoms with Crippen LogP contribution in [0, 0.1) is 18.3 Å². The first kappa shape index (κ1) is 17.4. The minimum absolute atomic E-state index is 0.199. The van der Waals surface area contributed by atoms with Crippen molar-refractivity contribution in [3.63, 3.8) is 0 Å². The lowest BCUT2D eigenvalue weighted by Crippen LogP contribution is -2.14. The monoisotopic (exact) mass is 363 g/mol. The molecular weight excluding hydrogens is 350 g/mol. The van der Waals surface area contributed by atoms with Crippen LogP contribution in [0.4, 0.5) is 17.2 Å². The minimum Gasteiger partial charge on any atom is -0.340 e. The zero-order valence-corrected chi connectivity index (χ0v) is 14.6. The van der Waals surface area contributed by atoms with E-state index in [1.165, 1.54) is 6.33 Å². The summed E-state index contributed by atoms with van der Waals surface area (Å²) in [5.41, 5.74) is 2.86.